The first-order chi connectivity index (χ1) is 8.78. The standard InChI is InChI=1S/C14H15ClN2O/c15-12-4-2-1-3-11(12)13-8-17-6-5-10(9-18)7-14(17)16-13/h1-4,8,10,18H,5-7,9H2. The van der Waals surface area contributed by atoms with Crippen LogP contribution in [0.2, 0.25) is 5.02 Å². The van der Waals surface area contributed by atoms with Crippen molar-refractivity contribution in [3.05, 3.63) is 41.3 Å². The molecule has 3 rings (SSSR count). The number of hydrogen-bond donors (Lipinski definition) is 1. The summed E-state index contributed by atoms with van der Waals surface area (Å²) < 4.78 is 2.17. The van der Waals surface area contributed by atoms with E-state index in [4.69, 9.17) is 11.6 Å². The average Bonchev–Trinajstić information content (AvgIpc) is 2.81. The number of aromatic nitrogens is 2. The Bertz CT molecular complexity index is 565. The smallest absolute Gasteiger partial charge is 0.109 e. The molecule has 1 unspecified atom stereocenters. The van der Waals surface area contributed by atoms with E-state index in [1.807, 2.05) is 24.3 Å². The molecule has 94 valence electrons. The monoisotopic (exact) mass is 262 g/mol. The third-order valence-electron chi connectivity index (χ3n) is 3.52. The Morgan fingerprint density at radius 1 is 1.39 bits per heavy atom. The van der Waals surface area contributed by atoms with E-state index in [1.54, 1.807) is 0 Å². The van der Waals surface area contributed by atoms with Crippen LogP contribution in [-0.4, -0.2) is 21.3 Å². The van der Waals surface area contributed by atoms with E-state index in [0.29, 0.717) is 5.92 Å². The molecule has 0 saturated carbocycles. The average molecular weight is 263 g/mol. The number of aliphatic hydroxyl groups excluding tert-OH is 1. The molecule has 4 heteroatoms. The predicted molar refractivity (Wildman–Crippen MR) is 71.6 cm³/mol. The number of imidazole rings is 1. The van der Waals surface area contributed by atoms with Gasteiger partial charge < -0.3 is 9.67 Å². The SMILES string of the molecule is OCC1CCn2cc(-c3ccccc3Cl)nc2C1. The Morgan fingerprint density at radius 3 is 3.00 bits per heavy atom. The molecule has 1 N–H and O–H groups in total. The number of nitrogens with zero attached hydrogens (tertiary/aromatic N) is 2. The van der Waals surface area contributed by atoms with Gasteiger partial charge in [0.2, 0.25) is 0 Å². The Morgan fingerprint density at radius 2 is 2.22 bits per heavy atom. The number of hydrogen-bond acceptors (Lipinski definition) is 2. The highest BCUT2D eigenvalue weighted by atomic mass is 35.5. The number of halogens is 1. The van der Waals surface area contributed by atoms with E-state index >= 15 is 0 Å². The lowest BCUT2D eigenvalue weighted by atomic mass is 9.99. The summed E-state index contributed by atoms with van der Waals surface area (Å²) >= 11 is 6.19. The van der Waals surface area contributed by atoms with Crippen molar-refractivity contribution in [3.8, 4) is 11.3 Å². The van der Waals surface area contributed by atoms with Crippen LogP contribution in [-0.2, 0) is 13.0 Å². The minimum Gasteiger partial charge on any atom is -0.396 e. The summed E-state index contributed by atoms with van der Waals surface area (Å²) in [7, 11) is 0. The maximum absolute atomic E-state index is 9.23. The van der Waals surface area contributed by atoms with Gasteiger partial charge in [-0.2, -0.15) is 0 Å². The van der Waals surface area contributed by atoms with Crippen molar-refractivity contribution in [1.29, 1.82) is 0 Å². The first-order valence-electron chi connectivity index (χ1n) is 6.19. The summed E-state index contributed by atoms with van der Waals surface area (Å²) in [6, 6.07) is 7.76. The zero-order valence-corrected chi connectivity index (χ0v) is 10.8. The maximum Gasteiger partial charge on any atom is 0.109 e. The van der Waals surface area contributed by atoms with Gasteiger partial charge in [-0.3, -0.25) is 0 Å². The van der Waals surface area contributed by atoms with Crippen molar-refractivity contribution in [2.24, 2.45) is 5.92 Å². The molecule has 0 bridgehead atoms. The highest BCUT2D eigenvalue weighted by Crippen LogP contribution is 2.29. The van der Waals surface area contributed by atoms with E-state index in [1.165, 1.54) is 0 Å². The van der Waals surface area contributed by atoms with E-state index in [-0.39, 0.29) is 6.61 Å². The molecular weight excluding hydrogens is 248 g/mol. The summed E-state index contributed by atoms with van der Waals surface area (Å²) in [5.41, 5.74) is 1.90. The zero-order valence-electron chi connectivity index (χ0n) is 10.0. The van der Waals surface area contributed by atoms with Crippen LogP contribution in [0, 0.1) is 5.92 Å². The lowest BCUT2D eigenvalue weighted by Crippen LogP contribution is -2.21. The number of aryl methyl sites for hydroxylation is 1. The van der Waals surface area contributed by atoms with E-state index in [9.17, 15) is 5.11 Å². The Labute approximate surface area is 111 Å². The summed E-state index contributed by atoms with van der Waals surface area (Å²) in [6.07, 6.45) is 3.92. The van der Waals surface area contributed by atoms with Gasteiger partial charge in [-0.15, -0.1) is 0 Å². The van der Waals surface area contributed by atoms with Gasteiger partial charge in [0.25, 0.3) is 0 Å². The molecular formula is C14H15ClN2O. The van der Waals surface area contributed by atoms with Gasteiger partial charge >= 0.3 is 0 Å². The van der Waals surface area contributed by atoms with Crippen LogP contribution >= 0.6 is 11.6 Å². The fraction of sp³-hybridized carbons (Fsp3) is 0.357. The summed E-state index contributed by atoms with van der Waals surface area (Å²) in [5.74, 6) is 1.40. The molecule has 0 fully saturated rings. The molecule has 1 aromatic heterocycles. The topological polar surface area (TPSA) is 38.0 Å². The molecule has 1 aliphatic heterocycles. The molecule has 2 aromatic rings. The predicted octanol–water partition coefficient (Wildman–Crippen LogP) is 2.76. The van der Waals surface area contributed by atoms with Crippen LogP contribution in [0.4, 0.5) is 0 Å². The van der Waals surface area contributed by atoms with Crippen LogP contribution in [0.3, 0.4) is 0 Å². The van der Waals surface area contributed by atoms with Crippen molar-refractivity contribution >= 4 is 11.6 Å². The quantitative estimate of drug-likeness (QED) is 0.904. The fourth-order valence-electron chi connectivity index (χ4n) is 2.45. The molecule has 1 atom stereocenters. The van der Waals surface area contributed by atoms with Crippen LogP contribution in [0.15, 0.2) is 30.5 Å². The Kier molecular flexibility index (Phi) is 3.10. The minimum atomic E-state index is 0.244. The Hall–Kier alpha value is -1.32. The number of aliphatic hydroxyl groups is 1. The molecule has 2 heterocycles. The lowest BCUT2D eigenvalue weighted by molar-refractivity contribution is 0.199. The van der Waals surface area contributed by atoms with Gasteiger partial charge in [0.15, 0.2) is 0 Å². The normalized spacial score (nSPS) is 18.7. The lowest BCUT2D eigenvalue weighted by Gasteiger charge is -2.20. The molecule has 0 spiro atoms. The third kappa shape index (κ3) is 2.04. The first-order valence-corrected chi connectivity index (χ1v) is 6.57. The number of rotatable bonds is 2. The minimum absolute atomic E-state index is 0.244. The molecule has 1 aromatic carbocycles. The second kappa shape index (κ2) is 4.75. The number of fused-ring (bicyclic) bond motifs is 1. The van der Waals surface area contributed by atoms with Gasteiger partial charge in [-0.05, 0) is 18.4 Å². The second-order valence-corrected chi connectivity index (χ2v) is 5.16. The van der Waals surface area contributed by atoms with Gasteiger partial charge in [-0.1, -0.05) is 29.8 Å². The van der Waals surface area contributed by atoms with Crippen LogP contribution < -0.4 is 0 Å². The molecule has 0 radical (unpaired) electrons. The summed E-state index contributed by atoms with van der Waals surface area (Å²) in [5, 5.41) is 9.95. The Balaban J connectivity index is 1.97. The van der Waals surface area contributed by atoms with Gasteiger partial charge in [0.1, 0.15) is 5.82 Å². The van der Waals surface area contributed by atoms with Crippen molar-refractivity contribution < 1.29 is 5.11 Å². The molecule has 0 saturated heterocycles. The van der Waals surface area contributed by atoms with Gasteiger partial charge in [0.05, 0.1) is 10.7 Å². The van der Waals surface area contributed by atoms with Crippen molar-refractivity contribution in [3.63, 3.8) is 0 Å². The molecule has 18 heavy (non-hydrogen) atoms. The first kappa shape index (κ1) is 11.8. The van der Waals surface area contributed by atoms with E-state index < -0.39 is 0 Å². The molecule has 3 nitrogen and oxygen atoms in total. The van der Waals surface area contributed by atoms with Crippen LogP contribution in [0.25, 0.3) is 11.3 Å². The molecule has 1 aliphatic rings. The molecule has 0 aliphatic carbocycles. The number of benzene rings is 1. The van der Waals surface area contributed by atoms with E-state index in [2.05, 4.69) is 15.7 Å². The van der Waals surface area contributed by atoms with Gasteiger partial charge in [0, 0.05) is 31.3 Å². The van der Waals surface area contributed by atoms with Crippen LogP contribution in [0.5, 0.6) is 0 Å². The van der Waals surface area contributed by atoms with Crippen molar-refractivity contribution in [2.75, 3.05) is 6.61 Å². The maximum atomic E-state index is 9.23. The van der Waals surface area contributed by atoms with Crippen molar-refractivity contribution in [2.45, 2.75) is 19.4 Å². The third-order valence-corrected chi connectivity index (χ3v) is 3.85. The highest BCUT2D eigenvalue weighted by Gasteiger charge is 2.20. The zero-order chi connectivity index (χ0) is 12.5. The second-order valence-electron chi connectivity index (χ2n) is 4.76. The van der Waals surface area contributed by atoms with Gasteiger partial charge in [-0.25, -0.2) is 4.98 Å². The summed E-state index contributed by atoms with van der Waals surface area (Å²) in [4.78, 5) is 4.65. The molecule has 0 amide bonds. The van der Waals surface area contributed by atoms with Crippen molar-refractivity contribution in [1.82, 2.24) is 9.55 Å². The highest BCUT2D eigenvalue weighted by molar-refractivity contribution is 6.33. The van der Waals surface area contributed by atoms with Crippen LogP contribution in [0.1, 0.15) is 12.2 Å². The summed E-state index contributed by atoms with van der Waals surface area (Å²) in [6.45, 7) is 1.17. The largest absolute Gasteiger partial charge is 0.396 e. The fourth-order valence-corrected chi connectivity index (χ4v) is 2.68. The van der Waals surface area contributed by atoms with E-state index in [0.717, 1.165) is 41.5 Å².